The van der Waals surface area contributed by atoms with Gasteiger partial charge in [0.2, 0.25) is 5.91 Å². The molecule has 7 rings (SSSR count). The van der Waals surface area contributed by atoms with E-state index in [1.807, 2.05) is 54.6 Å². The third kappa shape index (κ3) is 10.7. The molecule has 3 atom stereocenters. The number of likely N-dealkylation sites (tertiary alicyclic amines) is 1. The first-order chi connectivity index (χ1) is 26.4. The molecule has 2 aromatic carbocycles. The monoisotopic (exact) mass is 754 g/mol. The fraction of sp³-hybridized carbons (Fsp3) is 0.628. The molecular weight excluding hydrogens is 693 g/mol. The molecule has 0 bridgehead atoms. The van der Waals surface area contributed by atoms with E-state index in [-0.39, 0.29) is 23.6 Å². The number of nitrogens with zero attached hydrogens (tertiary/aromatic N) is 8. The minimum absolute atomic E-state index is 0.109. The summed E-state index contributed by atoms with van der Waals surface area (Å²) < 4.78 is 13.7. The fourth-order valence-corrected chi connectivity index (χ4v) is 8.68. The van der Waals surface area contributed by atoms with Gasteiger partial charge in [0.25, 0.3) is 0 Å². The average molecular weight is 755 g/mol. The highest BCUT2D eigenvalue weighted by Gasteiger charge is 2.47. The molecule has 0 radical (unpaired) electrons. The fourth-order valence-electron chi connectivity index (χ4n) is 8.68. The number of carbonyl (C=O) groups excluding carboxylic acids is 2. The van der Waals surface area contributed by atoms with E-state index in [9.17, 15) is 9.59 Å². The van der Waals surface area contributed by atoms with Crippen LogP contribution >= 0.6 is 0 Å². The van der Waals surface area contributed by atoms with Crippen LogP contribution < -0.4 is 4.74 Å². The van der Waals surface area contributed by atoms with E-state index in [2.05, 4.69) is 80.3 Å². The third-order valence-electron chi connectivity index (χ3n) is 11.9. The lowest BCUT2D eigenvalue weighted by atomic mass is 9.99. The van der Waals surface area contributed by atoms with E-state index in [0.717, 1.165) is 88.6 Å². The minimum atomic E-state index is -0.504. The highest BCUT2D eigenvalue weighted by molar-refractivity contribution is 5.77. The number of hydrogen-bond acceptors (Lipinski definition) is 9. The Labute approximate surface area is 327 Å². The summed E-state index contributed by atoms with van der Waals surface area (Å²) in [6.45, 7) is 19.7. The van der Waals surface area contributed by atoms with Crippen molar-refractivity contribution in [3.8, 4) is 5.75 Å². The summed E-state index contributed by atoms with van der Waals surface area (Å²) in [4.78, 5) is 37.8. The van der Waals surface area contributed by atoms with Crippen LogP contribution in [-0.2, 0) is 35.8 Å². The number of carbonyl (C=O) groups is 2. The highest BCUT2D eigenvalue weighted by atomic mass is 16.6. The van der Waals surface area contributed by atoms with Gasteiger partial charge in [0.15, 0.2) is 0 Å². The Kier molecular flexibility index (Phi) is 12.1. The second kappa shape index (κ2) is 17.0. The Hall–Kier alpha value is -4.00. The summed E-state index contributed by atoms with van der Waals surface area (Å²) >= 11 is 0. The molecule has 3 saturated heterocycles. The number of rotatable bonds is 13. The van der Waals surface area contributed by atoms with Crippen molar-refractivity contribution in [2.75, 3.05) is 52.4 Å². The van der Waals surface area contributed by atoms with Gasteiger partial charge in [0, 0.05) is 89.6 Å². The van der Waals surface area contributed by atoms with E-state index in [4.69, 9.17) is 9.47 Å². The van der Waals surface area contributed by atoms with Crippen LogP contribution in [-0.4, -0.2) is 128 Å². The van der Waals surface area contributed by atoms with Crippen molar-refractivity contribution in [3.05, 3.63) is 77.6 Å². The standard InChI is InChI=1S/C43H62N8O4/c1-33-25-49(41(53)55-42(3,4)5)26-34(2)51(33)29-37-28-50(45-44-37)30-38-14-10-18-48(38)32-43(16-17-43)24-40(52)47-21-19-46(20-22-47)27-36-13-9-15-39(23-36)54-31-35-11-7-6-8-12-35/h6-9,11-13,15,23,28,33-34,38H,10,14,16-22,24-27,29-32H2,1-5H3/t33-,34+,38?. The second-order valence-electron chi connectivity index (χ2n) is 17.7. The normalized spacial score (nSPS) is 23.5. The van der Waals surface area contributed by atoms with Gasteiger partial charge >= 0.3 is 6.09 Å². The summed E-state index contributed by atoms with van der Waals surface area (Å²) in [6.07, 6.45) is 7.10. The van der Waals surface area contributed by atoms with E-state index in [1.165, 1.54) is 12.0 Å². The van der Waals surface area contributed by atoms with Crippen LogP contribution in [0.2, 0.25) is 0 Å². The maximum absolute atomic E-state index is 13.6. The van der Waals surface area contributed by atoms with E-state index >= 15 is 0 Å². The van der Waals surface area contributed by atoms with Crippen molar-refractivity contribution in [3.63, 3.8) is 0 Å². The summed E-state index contributed by atoms with van der Waals surface area (Å²) in [5, 5.41) is 9.11. The molecule has 1 aliphatic carbocycles. The highest BCUT2D eigenvalue weighted by Crippen LogP contribution is 2.50. The summed E-state index contributed by atoms with van der Waals surface area (Å²) in [5.74, 6) is 1.21. The number of ether oxygens (including phenoxy) is 2. The van der Waals surface area contributed by atoms with Crippen LogP contribution in [0.15, 0.2) is 60.8 Å². The summed E-state index contributed by atoms with van der Waals surface area (Å²) in [5.41, 5.74) is 2.96. The van der Waals surface area contributed by atoms with Gasteiger partial charge in [-0.25, -0.2) is 4.79 Å². The largest absolute Gasteiger partial charge is 0.489 e. The molecule has 0 N–H and O–H groups in total. The van der Waals surface area contributed by atoms with Crippen molar-refractivity contribution >= 4 is 12.0 Å². The van der Waals surface area contributed by atoms with Crippen LogP contribution in [0.3, 0.4) is 0 Å². The number of amides is 2. The molecule has 298 valence electrons. The predicted octanol–water partition coefficient (Wildman–Crippen LogP) is 5.67. The van der Waals surface area contributed by atoms with Crippen molar-refractivity contribution < 1.29 is 19.1 Å². The lowest BCUT2D eigenvalue weighted by Crippen LogP contribution is -2.58. The number of hydrogen-bond donors (Lipinski definition) is 0. The third-order valence-corrected chi connectivity index (χ3v) is 11.9. The molecule has 55 heavy (non-hydrogen) atoms. The summed E-state index contributed by atoms with van der Waals surface area (Å²) in [6, 6.07) is 19.4. The molecule has 0 spiro atoms. The maximum atomic E-state index is 13.6. The van der Waals surface area contributed by atoms with Crippen molar-refractivity contribution in [1.29, 1.82) is 0 Å². The smallest absolute Gasteiger partial charge is 0.410 e. The zero-order chi connectivity index (χ0) is 38.6. The molecule has 1 saturated carbocycles. The summed E-state index contributed by atoms with van der Waals surface area (Å²) in [7, 11) is 0. The lowest BCUT2D eigenvalue weighted by molar-refractivity contribution is -0.134. The first kappa shape index (κ1) is 39.2. The first-order valence-electron chi connectivity index (χ1n) is 20.5. The second-order valence-corrected chi connectivity index (χ2v) is 17.7. The van der Waals surface area contributed by atoms with Crippen molar-refractivity contribution in [2.45, 2.75) is 117 Å². The number of piperazine rings is 2. The molecule has 3 aromatic rings. The number of aromatic nitrogens is 3. The Morgan fingerprint density at radius 1 is 0.873 bits per heavy atom. The van der Waals surface area contributed by atoms with Crippen LogP contribution in [0.4, 0.5) is 4.79 Å². The molecule has 12 heteroatoms. The molecule has 3 aliphatic heterocycles. The molecule has 1 unspecified atom stereocenters. The number of benzene rings is 2. The lowest BCUT2D eigenvalue weighted by Gasteiger charge is -2.44. The van der Waals surface area contributed by atoms with Crippen molar-refractivity contribution in [1.82, 2.24) is 39.5 Å². The van der Waals surface area contributed by atoms with Gasteiger partial charge in [-0.05, 0) is 95.5 Å². The maximum Gasteiger partial charge on any atom is 0.410 e. The average Bonchev–Trinajstić information content (AvgIpc) is 3.52. The van der Waals surface area contributed by atoms with Gasteiger partial charge in [0.05, 0.1) is 12.2 Å². The van der Waals surface area contributed by atoms with E-state index in [0.29, 0.717) is 44.6 Å². The molecule has 2 amide bonds. The Morgan fingerprint density at radius 3 is 2.31 bits per heavy atom. The van der Waals surface area contributed by atoms with Crippen LogP contribution in [0.1, 0.15) is 83.5 Å². The van der Waals surface area contributed by atoms with Crippen LogP contribution in [0.25, 0.3) is 0 Å². The van der Waals surface area contributed by atoms with Crippen LogP contribution in [0, 0.1) is 5.41 Å². The zero-order valence-corrected chi connectivity index (χ0v) is 33.7. The SMILES string of the molecule is C[C@@H]1CN(C(=O)OC(C)(C)C)C[C@H](C)N1Cc1cn(CC2CCCN2CC2(CC(=O)N3CCN(Cc4cccc(OCc5ccccc5)c4)CC3)CC2)nn1. The Morgan fingerprint density at radius 2 is 1.60 bits per heavy atom. The van der Waals surface area contributed by atoms with Gasteiger partial charge in [-0.2, -0.15) is 0 Å². The molecule has 12 nitrogen and oxygen atoms in total. The van der Waals surface area contributed by atoms with Gasteiger partial charge in [-0.1, -0.05) is 47.7 Å². The molecule has 4 heterocycles. The van der Waals surface area contributed by atoms with Gasteiger partial charge in [0.1, 0.15) is 18.0 Å². The molecule has 4 fully saturated rings. The Balaban J connectivity index is 0.842. The van der Waals surface area contributed by atoms with E-state index in [1.54, 1.807) is 0 Å². The molecule has 4 aliphatic rings. The van der Waals surface area contributed by atoms with E-state index < -0.39 is 5.60 Å². The zero-order valence-electron chi connectivity index (χ0n) is 33.7. The minimum Gasteiger partial charge on any atom is -0.489 e. The quantitative estimate of drug-likeness (QED) is 0.219. The van der Waals surface area contributed by atoms with Crippen molar-refractivity contribution in [2.24, 2.45) is 5.41 Å². The van der Waals surface area contributed by atoms with Crippen LogP contribution in [0.5, 0.6) is 5.75 Å². The van der Waals surface area contributed by atoms with Gasteiger partial charge < -0.3 is 19.3 Å². The Bertz CT molecular complexity index is 1720. The first-order valence-corrected chi connectivity index (χ1v) is 20.5. The van der Waals surface area contributed by atoms with Gasteiger partial charge in [-0.3, -0.25) is 24.2 Å². The molecular formula is C43H62N8O4. The predicted molar refractivity (Wildman–Crippen MR) is 212 cm³/mol. The topological polar surface area (TPSA) is 99.5 Å². The van der Waals surface area contributed by atoms with Gasteiger partial charge in [-0.15, -0.1) is 5.10 Å². The molecule has 1 aromatic heterocycles.